The van der Waals surface area contributed by atoms with Crippen LogP contribution in [-0.2, 0) is 23.8 Å². The van der Waals surface area contributed by atoms with E-state index in [9.17, 15) is 14.7 Å². The normalized spacial score (nSPS) is 38.9. The van der Waals surface area contributed by atoms with E-state index in [1.807, 2.05) is 13.0 Å². The zero-order valence-electron chi connectivity index (χ0n) is 14.6. The van der Waals surface area contributed by atoms with Crippen molar-refractivity contribution in [3.05, 3.63) is 47.6 Å². The number of rotatable bonds is 2. The number of aliphatic hydroxyl groups is 1. The molecular formula is C20H22O6. The number of hydrogen-bond acceptors (Lipinski definition) is 6. The third-order valence-corrected chi connectivity index (χ3v) is 5.73. The van der Waals surface area contributed by atoms with Crippen molar-refractivity contribution in [2.24, 2.45) is 17.8 Å². The Kier molecular flexibility index (Phi) is 4.12. The van der Waals surface area contributed by atoms with Gasteiger partial charge in [-0.15, -0.1) is 0 Å². The molecule has 0 aromatic carbocycles. The molecule has 2 heterocycles. The lowest BCUT2D eigenvalue weighted by molar-refractivity contribution is -0.147. The lowest BCUT2D eigenvalue weighted by atomic mass is 9.87. The molecule has 138 valence electrons. The molecule has 6 nitrogen and oxygen atoms in total. The summed E-state index contributed by atoms with van der Waals surface area (Å²) in [5, 5.41) is 9.41. The Hall–Kier alpha value is -2.18. The van der Waals surface area contributed by atoms with Crippen LogP contribution >= 0.6 is 0 Å². The summed E-state index contributed by atoms with van der Waals surface area (Å²) in [6.07, 6.45) is 2.61. The Morgan fingerprint density at radius 1 is 1.31 bits per heavy atom. The maximum absolute atomic E-state index is 12.5. The standard InChI is InChI=1S/C20H22O6/c1-9-4-15-18(11(3)19(22)25-15)16(5-10(2)14-7-13(9)14)26-20(23)12-6-17(21)24-8-12/h4,6,13-18,21H,2-3,5,7-8H2,1H3. The summed E-state index contributed by atoms with van der Waals surface area (Å²) in [6, 6.07) is 0. The molecule has 1 N–H and O–H groups in total. The Bertz CT molecular complexity index is 760. The zero-order chi connectivity index (χ0) is 18.6. The fourth-order valence-corrected chi connectivity index (χ4v) is 4.15. The molecule has 0 aromatic heterocycles. The molecule has 0 radical (unpaired) electrons. The number of fused-ring (bicyclic) bond motifs is 2. The summed E-state index contributed by atoms with van der Waals surface area (Å²) in [5.74, 6) is -0.652. The second kappa shape index (κ2) is 6.21. The number of aliphatic hydroxyl groups excluding tert-OH is 1. The number of esters is 2. The van der Waals surface area contributed by atoms with E-state index in [-0.39, 0.29) is 12.2 Å². The molecule has 2 fully saturated rings. The van der Waals surface area contributed by atoms with Crippen LogP contribution in [0.5, 0.6) is 0 Å². The van der Waals surface area contributed by atoms with Gasteiger partial charge in [0, 0.05) is 12.0 Å². The summed E-state index contributed by atoms with van der Waals surface area (Å²) in [6.45, 7) is 10.1. The van der Waals surface area contributed by atoms with E-state index >= 15 is 0 Å². The van der Waals surface area contributed by atoms with Crippen molar-refractivity contribution in [1.29, 1.82) is 0 Å². The molecule has 1 saturated carbocycles. The van der Waals surface area contributed by atoms with Crippen LogP contribution < -0.4 is 0 Å². The minimum Gasteiger partial charge on any atom is -0.458 e. The first-order valence-electron chi connectivity index (χ1n) is 8.82. The molecule has 0 aromatic rings. The molecule has 2 aliphatic carbocycles. The molecule has 6 unspecified atom stereocenters. The second-order valence-electron chi connectivity index (χ2n) is 7.48. The van der Waals surface area contributed by atoms with Crippen LogP contribution in [0.3, 0.4) is 0 Å². The quantitative estimate of drug-likeness (QED) is 0.461. The average Bonchev–Trinajstić information content (AvgIpc) is 3.19. The van der Waals surface area contributed by atoms with Crippen LogP contribution in [0.1, 0.15) is 19.8 Å². The molecule has 6 atom stereocenters. The second-order valence-corrected chi connectivity index (χ2v) is 7.48. The molecule has 4 aliphatic rings. The summed E-state index contributed by atoms with van der Waals surface area (Å²) in [5.41, 5.74) is 2.78. The average molecular weight is 358 g/mol. The van der Waals surface area contributed by atoms with Gasteiger partial charge in [0.15, 0.2) is 6.29 Å². The summed E-state index contributed by atoms with van der Waals surface area (Å²) >= 11 is 0. The van der Waals surface area contributed by atoms with E-state index in [0.717, 1.165) is 12.0 Å². The third-order valence-electron chi connectivity index (χ3n) is 5.73. The topological polar surface area (TPSA) is 82.1 Å². The van der Waals surface area contributed by atoms with Crippen molar-refractivity contribution in [3.8, 4) is 0 Å². The van der Waals surface area contributed by atoms with Gasteiger partial charge in [-0.1, -0.05) is 24.3 Å². The summed E-state index contributed by atoms with van der Waals surface area (Å²) in [4.78, 5) is 24.6. The van der Waals surface area contributed by atoms with Crippen molar-refractivity contribution in [3.63, 3.8) is 0 Å². The molecule has 6 heteroatoms. The van der Waals surface area contributed by atoms with Crippen molar-refractivity contribution >= 4 is 11.9 Å². The van der Waals surface area contributed by atoms with Crippen LogP contribution in [-0.4, -0.2) is 42.1 Å². The highest BCUT2D eigenvalue weighted by Crippen LogP contribution is 2.52. The van der Waals surface area contributed by atoms with Crippen LogP contribution in [0.4, 0.5) is 0 Å². The number of hydrogen-bond donors (Lipinski definition) is 1. The smallest absolute Gasteiger partial charge is 0.336 e. The molecule has 0 spiro atoms. The van der Waals surface area contributed by atoms with E-state index < -0.39 is 36.4 Å². The van der Waals surface area contributed by atoms with Gasteiger partial charge in [-0.25, -0.2) is 9.59 Å². The highest BCUT2D eigenvalue weighted by atomic mass is 16.6. The van der Waals surface area contributed by atoms with Gasteiger partial charge in [0.2, 0.25) is 0 Å². The Morgan fingerprint density at radius 3 is 2.77 bits per heavy atom. The van der Waals surface area contributed by atoms with Gasteiger partial charge in [0.05, 0.1) is 18.1 Å². The Labute approximate surface area is 151 Å². The first kappa shape index (κ1) is 17.2. The van der Waals surface area contributed by atoms with Gasteiger partial charge in [-0.05, 0) is 37.3 Å². The van der Waals surface area contributed by atoms with Gasteiger partial charge in [0.1, 0.15) is 12.2 Å². The van der Waals surface area contributed by atoms with E-state index in [2.05, 4.69) is 13.2 Å². The first-order chi connectivity index (χ1) is 12.3. The van der Waals surface area contributed by atoms with Crippen molar-refractivity contribution in [2.75, 3.05) is 6.61 Å². The van der Waals surface area contributed by atoms with Gasteiger partial charge < -0.3 is 19.3 Å². The zero-order valence-corrected chi connectivity index (χ0v) is 14.6. The molecule has 0 bridgehead atoms. The van der Waals surface area contributed by atoms with Crippen LogP contribution in [0.2, 0.25) is 0 Å². The monoisotopic (exact) mass is 358 g/mol. The van der Waals surface area contributed by atoms with E-state index in [4.69, 9.17) is 14.2 Å². The van der Waals surface area contributed by atoms with E-state index in [0.29, 0.717) is 23.8 Å². The number of ether oxygens (including phenoxy) is 3. The molecule has 0 amide bonds. The minimum absolute atomic E-state index is 0.00183. The number of carbonyl (C=O) groups excluding carboxylic acids is 2. The summed E-state index contributed by atoms with van der Waals surface area (Å²) in [7, 11) is 0. The molecule has 4 rings (SSSR count). The Balaban J connectivity index is 1.63. The molecular weight excluding hydrogens is 336 g/mol. The highest BCUT2D eigenvalue weighted by Gasteiger charge is 2.49. The van der Waals surface area contributed by atoms with Gasteiger partial charge >= 0.3 is 11.9 Å². The van der Waals surface area contributed by atoms with Crippen LogP contribution in [0.25, 0.3) is 0 Å². The lowest BCUT2D eigenvalue weighted by Crippen LogP contribution is -2.33. The number of allylic oxidation sites excluding steroid dienone is 1. The van der Waals surface area contributed by atoms with E-state index in [1.165, 1.54) is 11.6 Å². The third kappa shape index (κ3) is 2.93. The number of carbonyl (C=O) groups is 2. The predicted octanol–water partition coefficient (Wildman–Crippen LogP) is 1.81. The largest absolute Gasteiger partial charge is 0.458 e. The molecule has 1 saturated heterocycles. The fourth-order valence-electron chi connectivity index (χ4n) is 4.15. The highest BCUT2D eigenvalue weighted by molar-refractivity contribution is 5.92. The Morgan fingerprint density at radius 2 is 2.08 bits per heavy atom. The van der Waals surface area contributed by atoms with Crippen LogP contribution in [0, 0.1) is 17.8 Å². The lowest BCUT2D eigenvalue weighted by Gasteiger charge is -2.26. The predicted molar refractivity (Wildman–Crippen MR) is 91.5 cm³/mol. The van der Waals surface area contributed by atoms with Gasteiger partial charge in [0.25, 0.3) is 0 Å². The van der Waals surface area contributed by atoms with Crippen LogP contribution in [0.15, 0.2) is 47.6 Å². The van der Waals surface area contributed by atoms with E-state index in [1.54, 1.807) is 0 Å². The van der Waals surface area contributed by atoms with Gasteiger partial charge in [-0.3, -0.25) is 0 Å². The van der Waals surface area contributed by atoms with Crippen molar-refractivity contribution in [2.45, 2.75) is 38.3 Å². The van der Waals surface area contributed by atoms with Gasteiger partial charge in [-0.2, -0.15) is 0 Å². The molecule has 26 heavy (non-hydrogen) atoms. The minimum atomic E-state index is -1.09. The van der Waals surface area contributed by atoms with Crippen molar-refractivity contribution < 1.29 is 28.9 Å². The SMILES string of the molecule is C=C1CC(OC(=O)C2=CC(O)OC2)C2C(=C)C(=O)OC2C=C(C)C2CC12. The van der Waals surface area contributed by atoms with Crippen molar-refractivity contribution in [1.82, 2.24) is 0 Å². The summed E-state index contributed by atoms with van der Waals surface area (Å²) < 4.78 is 16.2. The fraction of sp³-hybridized carbons (Fsp3) is 0.500. The maximum Gasteiger partial charge on any atom is 0.336 e. The molecule has 2 aliphatic heterocycles. The first-order valence-corrected chi connectivity index (χ1v) is 8.82. The maximum atomic E-state index is 12.5.